The van der Waals surface area contributed by atoms with E-state index in [2.05, 4.69) is 10.1 Å². The molecule has 1 aliphatic carbocycles. The van der Waals surface area contributed by atoms with E-state index in [1.54, 1.807) is 4.31 Å². The average Bonchev–Trinajstić information content (AvgIpc) is 2.90. The molecule has 0 radical (unpaired) electrons. The van der Waals surface area contributed by atoms with Crippen LogP contribution in [0.2, 0.25) is 0 Å². The summed E-state index contributed by atoms with van der Waals surface area (Å²) >= 11 is 0. The molecule has 1 aromatic rings. The van der Waals surface area contributed by atoms with Crippen LogP contribution in [0, 0.1) is 0 Å². The van der Waals surface area contributed by atoms with Gasteiger partial charge in [-0.1, -0.05) is 0 Å². The number of hydrogen-bond donors (Lipinski definition) is 2. The summed E-state index contributed by atoms with van der Waals surface area (Å²) in [7, 11) is -3.69. The minimum atomic E-state index is -3.69. The van der Waals surface area contributed by atoms with Crippen LogP contribution >= 0.6 is 0 Å². The molecule has 0 spiro atoms. The number of piperidine rings is 1. The van der Waals surface area contributed by atoms with Crippen molar-refractivity contribution in [3.63, 3.8) is 0 Å². The normalized spacial score (nSPS) is 29.6. The lowest BCUT2D eigenvalue weighted by Gasteiger charge is -2.41. The molecular formula is C19H26F2N2O4S. The second kappa shape index (κ2) is 7.51. The first kappa shape index (κ1) is 20.0. The number of fused-ring (bicyclic) bond motifs is 2. The van der Waals surface area contributed by atoms with E-state index < -0.39 is 22.2 Å². The average molecular weight is 416 g/mol. The van der Waals surface area contributed by atoms with Crippen molar-refractivity contribution in [2.24, 2.45) is 0 Å². The van der Waals surface area contributed by atoms with Crippen molar-refractivity contribution in [3.8, 4) is 5.75 Å². The van der Waals surface area contributed by atoms with Crippen molar-refractivity contribution in [2.45, 2.75) is 80.2 Å². The largest absolute Gasteiger partial charge is 0.435 e. The Hall–Kier alpha value is -1.29. The third kappa shape index (κ3) is 3.90. The predicted molar refractivity (Wildman–Crippen MR) is 98.7 cm³/mol. The molecule has 9 heteroatoms. The summed E-state index contributed by atoms with van der Waals surface area (Å²) in [6.45, 7) is -2.38. The quantitative estimate of drug-likeness (QED) is 0.714. The highest BCUT2D eigenvalue weighted by atomic mass is 32.2. The Bertz CT molecular complexity index is 785. The molecule has 3 atom stereocenters. The van der Waals surface area contributed by atoms with Gasteiger partial charge in [0.25, 0.3) is 0 Å². The Morgan fingerprint density at radius 2 is 1.79 bits per heavy atom. The molecule has 2 saturated heterocycles. The van der Waals surface area contributed by atoms with Gasteiger partial charge in [0.15, 0.2) is 0 Å². The Morgan fingerprint density at radius 1 is 1.18 bits per heavy atom. The Labute approximate surface area is 163 Å². The molecule has 2 heterocycles. The van der Waals surface area contributed by atoms with Gasteiger partial charge in [-0.05, 0) is 69.2 Å². The number of nitrogens with one attached hydrogen (secondary N) is 1. The summed E-state index contributed by atoms with van der Waals surface area (Å²) in [5, 5.41) is 13.7. The summed E-state index contributed by atoms with van der Waals surface area (Å²) < 4.78 is 56.7. The van der Waals surface area contributed by atoms with Crippen LogP contribution in [0.4, 0.5) is 8.78 Å². The van der Waals surface area contributed by atoms with E-state index in [0.29, 0.717) is 6.54 Å². The fourth-order valence-corrected chi connectivity index (χ4v) is 6.60. The molecule has 4 rings (SSSR count). The summed E-state index contributed by atoms with van der Waals surface area (Å²) in [6, 6.07) is 5.22. The maximum absolute atomic E-state index is 13.1. The molecule has 6 nitrogen and oxygen atoms in total. The summed E-state index contributed by atoms with van der Waals surface area (Å²) in [5.74, 6) is -0.0613. The van der Waals surface area contributed by atoms with Gasteiger partial charge in [-0.3, -0.25) is 0 Å². The van der Waals surface area contributed by atoms with Crippen molar-refractivity contribution in [3.05, 3.63) is 24.3 Å². The van der Waals surface area contributed by atoms with E-state index in [4.69, 9.17) is 0 Å². The van der Waals surface area contributed by atoms with Crippen LogP contribution in [0.5, 0.6) is 5.75 Å². The first-order valence-electron chi connectivity index (χ1n) is 9.81. The number of halogens is 2. The van der Waals surface area contributed by atoms with Gasteiger partial charge in [0, 0.05) is 24.7 Å². The molecular weight excluding hydrogens is 390 g/mol. The molecule has 2 aliphatic heterocycles. The van der Waals surface area contributed by atoms with Crippen LogP contribution in [-0.4, -0.2) is 54.7 Å². The minimum Gasteiger partial charge on any atom is -0.435 e. The lowest BCUT2D eigenvalue weighted by molar-refractivity contribution is -0.0498. The van der Waals surface area contributed by atoms with Gasteiger partial charge in [0.1, 0.15) is 5.75 Å². The smallest absolute Gasteiger partial charge is 0.387 e. The van der Waals surface area contributed by atoms with Crippen molar-refractivity contribution in [1.29, 1.82) is 0 Å². The van der Waals surface area contributed by atoms with Crippen molar-refractivity contribution in [1.82, 2.24) is 9.62 Å². The fraction of sp³-hybridized carbons (Fsp3) is 0.684. The van der Waals surface area contributed by atoms with Crippen LogP contribution in [0.1, 0.15) is 44.9 Å². The first-order chi connectivity index (χ1) is 13.3. The first-order valence-corrected chi connectivity index (χ1v) is 11.3. The van der Waals surface area contributed by atoms with Crippen LogP contribution in [-0.2, 0) is 10.0 Å². The summed E-state index contributed by atoms with van der Waals surface area (Å²) in [5.41, 5.74) is -0.593. The third-order valence-electron chi connectivity index (χ3n) is 6.29. The molecule has 0 amide bonds. The standard InChI is InChI=1S/C19H26F2N2O4S/c20-18(21)27-16-4-6-17(7-5-16)28(25,26)23-14-2-3-15(23)11-13(10-14)22-12-19(24)8-1-9-19/h4-7,13-15,18,22,24H,1-3,8-12H2/t13?,14-,15+. The maximum atomic E-state index is 13.1. The van der Waals surface area contributed by atoms with Gasteiger partial charge in [0.2, 0.25) is 10.0 Å². The van der Waals surface area contributed by atoms with E-state index in [0.717, 1.165) is 44.9 Å². The number of ether oxygens (including phenoxy) is 1. The zero-order chi connectivity index (χ0) is 19.9. The Morgan fingerprint density at radius 3 is 2.29 bits per heavy atom. The molecule has 2 N–H and O–H groups in total. The van der Waals surface area contributed by atoms with Crippen molar-refractivity contribution in [2.75, 3.05) is 6.54 Å². The van der Waals surface area contributed by atoms with Gasteiger partial charge in [-0.25, -0.2) is 8.42 Å². The zero-order valence-corrected chi connectivity index (χ0v) is 16.4. The van der Waals surface area contributed by atoms with Gasteiger partial charge in [-0.15, -0.1) is 0 Å². The molecule has 28 heavy (non-hydrogen) atoms. The summed E-state index contributed by atoms with van der Waals surface area (Å²) in [4.78, 5) is 0.0983. The number of alkyl halides is 2. The second-order valence-electron chi connectivity index (χ2n) is 8.20. The molecule has 1 unspecified atom stereocenters. The van der Waals surface area contributed by atoms with Crippen molar-refractivity contribution < 1.29 is 27.0 Å². The fourth-order valence-electron chi connectivity index (χ4n) is 4.70. The van der Waals surface area contributed by atoms with E-state index in [1.807, 2.05) is 0 Å². The number of rotatable bonds is 7. The van der Waals surface area contributed by atoms with Gasteiger partial charge < -0.3 is 15.2 Å². The maximum Gasteiger partial charge on any atom is 0.387 e. The molecule has 0 aromatic heterocycles. The molecule has 3 fully saturated rings. The number of benzene rings is 1. The number of sulfonamides is 1. The predicted octanol–water partition coefficient (Wildman–Crippen LogP) is 2.48. The lowest BCUT2D eigenvalue weighted by Crippen LogP contribution is -2.55. The molecule has 2 bridgehead atoms. The Kier molecular flexibility index (Phi) is 5.37. The van der Waals surface area contributed by atoms with Crippen LogP contribution in [0.15, 0.2) is 29.2 Å². The van der Waals surface area contributed by atoms with Crippen LogP contribution in [0.3, 0.4) is 0 Å². The molecule has 1 saturated carbocycles. The van der Waals surface area contributed by atoms with E-state index in [9.17, 15) is 22.3 Å². The SMILES string of the molecule is O=S(=O)(c1ccc(OC(F)F)cc1)N1[C@@H]2CC[C@H]1CC(NCC1(O)CCC1)C2. The molecule has 3 aliphatic rings. The second-order valence-corrected chi connectivity index (χ2v) is 10.0. The van der Waals surface area contributed by atoms with Crippen LogP contribution < -0.4 is 10.1 Å². The number of aliphatic hydroxyl groups is 1. The van der Waals surface area contributed by atoms with Gasteiger partial charge in [0.05, 0.1) is 10.5 Å². The molecule has 1 aromatic carbocycles. The van der Waals surface area contributed by atoms with Crippen LogP contribution in [0.25, 0.3) is 0 Å². The topological polar surface area (TPSA) is 78.9 Å². The summed E-state index contributed by atoms with van der Waals surface area (Å²) in [6.07, 6.45) is 5.78. The number of nitrogens with zero attached hydrogens (tertiary/aromatic N) is 1. The van der Waals surface area contributed by atoms with E-state index in [-0.39, 0.29) is 28.8 Å². The molecule has 156 valence electrons. The highest BCUT2D eigenvalue weighted by Crippen LogP contribution is 2.40. The van der Waals surface area contributed by atoms with E-state index in [1.165, 1.54) is 24.3 Å². The monoisotopic (exact) mass is 416 g/mol. The van der Waals surface area contributed by atoms with E-state index >= 15 is 0 Å². The third-order valence-corrected chi connectivity index (χ3v) is 8.31. The van der Waals surface area contributed by atoms with Gasteiger partial charge >= 0.3 is 6.61 Å². The van der Waals surface area contributed by atoms with Crippen molar-refractivity contribution >= 4 is 10.0 Å². The zero-order valence-electron chi connectivity index (χ0n) is 15.6. The minimum absolute atomic E-state index is 0.0613. The highest BCUT2D eigenvalue weighted by molar-refractivity contribution is 7.89. The lowest BCUT2D eigenvalue weighted by atomic mass is 9.80. The Balaban J connectivity index is 1.43. The number of hydrogen-bond acceptors (Lipinski definition) is 5. The highest BCUT2D eigenvalue weighted by Gasteiger charge is 2.47. The van der Waals surface area contributed by atoms with Gasteiger partial charge in [-0.2, -0.15) is 13.1 Å².